The molecular weight excluding hydrogens is 310 g/mol. The fourth-order valence-electron chi connectivity index (χ4n) is 3.51. The summed E-state index contributed by atoms with van der Waals surface area (Å²) in [5.74, 6) is 0.737. The van der Waals surface area contributed by atoms with Crippen LogP contribution in [0.15, 0.2) is 36.1 Å². The van der Waals surface area contributed by atoms with Crippen LogP contribution in [0.3, 0.4) is 0 Å². The van der Waals surface area contributed by atoms with Gasteiger partial charge < -0.3 is 9.64 Å². The summed E-state index contributed by atoms with van der Waals surface area (Å²) in [6, 6.07) is 5.93. The highest BCUT2D eigenvalue weighted by molar-refractivity contribution is 7.10. The molecule has 23 heavy (non-hydrogen) atoms. The Bertz CT molecular complexity index is 662. The molecule has 1 amide bonds. The number of nitrogens with zero attached hydrogens (tertiary/aromatic N) is 3. The third-order valence-corrected chi connectivity index (χ3v) is 5.62. The van der Waals surface area contributed by atoms with E-state index in [0.717, 1.165) is 30.0 Å². The van der Waals surface area contributed by atoms with Crippen molar-refractivity contribution in [1.29, 1.82) is 0 Å². The molecule has 2 aliphatic heterocycles. The number of amides is 1. The molecule has 0 saturated carbocycles. The topological polar surface area (TPSA) is 55.3 Å². The van der Waals surface area contributed by atoms with E-state index < -0.39 is 0 Å². The normalized spacial score (nSPS) is 27.0. The van der Waals surface area contributed by atoms with E-state index in [1.807, 2.05) is 28.5 Å². The molecular formula is C17H19N3O2S. The maximum absolute atomic E-state index is 12.5. The van der Waals surface area contributed by atoms with Crippen molar-refractivity contribution >= 4 is 17.2 Å². The summed E-state index contributed by atoms with van der Waals surface area (Å²) in [4.78, 5) is 23.8. The summed E-state index contributed by atoms with van der Waals surface area (Å²) in [6.45, 7) is 1.54. The SMILES string of the molecule is O=C(Cc1cccs1)N1CC[C@H]2C[C@H](c3ccncn3)O[C@@H]2C1. The van der Waals surface area contributed by atoms with Crippen LogP contribution < -0.4 is 0 Å². The highest BCUT2D eigenvalue weighted by atomic mass is 32.1. The van der Waals surface area contributed by atoms with Crippen molar-refractivity contribution < 1.29 is 9.53 Å². The Hall–Kier alpha value is -1.79. The van der Waals surface area contributed by atoms with E-state index in [0.29, 0.717) is 18.9 Å². The van der Waals surface area contributed by atoms with Crippen molar-refractivity contribution in [2.24, 2.45) is 5.92 Å². The Balaban J connectivity index is 1.38. The van der Waals surface area contributed by atoms with Gasteiger partial charge in [0.1, 0.15) is 12.4 Å². The minimum atomic E-state index is 0.0420. The number of rotatable bonds is 3. The molecule has 4 rings (SSSR count). The number of hydrogen-bond donors (Lipinski definition) is 0. The van der Waals surface area contributed by atoms with Gasteiger partial charge in [0.25, 0.3) is 0 Å². The molecule has 0 bridgehead atoms. The molecule has 0 unspecified atom stereocenters. The fraction of sp³-hybridized carbons (Fsp3) is 0.471. The van der Waals surface area contributed by atoms with Crippen molar-refractivity contribution in [2.45, 2.75) is 31.5 Å². The van der Waals surface area contributed by atoms with Gasteiger partial charge in [-0.15, -0.1) is 11.3 Å². The fourth-order valence-corrected chi connectivity index (χ4v) is 4.21. The molecule has 5 nitrogen and oxygen atoms in total. The first kappa shape index (κ1) is 14.8. The highest BCUT2D eigenvalue weighted by Crippen LogP contribution is 2.40. The number of fused-ring (bicyclic) bond motifs is 1. The van der Waals surface area contributed by atoms with Gasteiger partial charge in [0.15, 0.2) is 0 Å². The molecule has 0 radical (unpaired) electrons. The molecule has 2 aliphatic rings. The Morgan fingerprint density at radius 3 is 3.17 bits per heavy atom. The van der Waals surface area contributed by atoms with Gasteiger partial charge in [0.05, 0.1) is 18.2 Å². The van der Waals surface area contributed by atoms with Crippen LogP contribution in [0, 0.1) is 5.92 Å². The van der Waals surface area contributed by atoms with Crippen LogP contribution in [0.2, 0.25) is 0 Å². The first-order chi connectivity index (χ1) is 11.3. The number of hydrogen-bond acceptors (Lipinski definition) is 5. The van der Waals surface area contributed by atoms with Crippen LogP contribution >= 0.6 is 11.3 Å². The zero-order valence-corrected chi connectivity index (χ0v) is 13.6. The first-order valence-electron chi connectivity index (χ1n) is 8.01. The zero-order valence-electron chi connectivity index (χ0n) is 12.8. The van der Waals surface area contributed by atoms with E-state index in [2.05, 4.69) is 9.97 Å². The minimum absolute atomic E-state index is 0.0420. The smallest absolute Gasteiger partial charge is 0.227 e. The van der Waals surface area contributed by atoms with E-state index in [1.54, 1.807) is 23.9 Å². The van der Waals surface area contributed by atoms with Crippen LogP contribution in [0.1, 0.15) is 29.5 Å². The van der Waals surface area contributed by atoms with Gasteiger partial charge in [-0.2, -0.15) is 0 Å². The van der Waals surface area contributed by atoms with E-state index >= 15 is 0 Å². The number of ether oxygens (including phenoxy) is 1. The van der Waals surface area contributed by atoms with E-state index in [4.69, 9.17) is 4.74 Å². The second-order valence-corrected chi connectivity index (χ2v) is 7.21. The predicted octanol–water partition coefficient (Wildman–Crippen LogP) is 2.46. The lowest BCUT2D eigenvalue weighted by molar-refractivity contribution is -0.134. The summed E-state index contributed by atoms with van der Waals surface area (Å²) < 4.78 is 6.19. The Morgan fingerprint density at radius 1 is 1.43 bits per heavy atom. The second-order valence-electron chi connectivity index (χ2n) is 6.18. The quantitative estimate of drug-likeness (QED) is 0.868. The largest absolute Gasteiger partial charge is 0.367 e. The van der Waals surface area contributed by atoms with Gasteiger partial charge in [0.2, 0.25) is 5.91 Å². The van der Waals surface area contributed by atoms with Crippen LogP contribution in [-0.4, -0.2) is 40.0 Å². The molecule has 6 heteroatoms. The van der Waals surface area contributed by atoms with Gasteiger partial charge in [-0.25, -0.2) is 9.97 Å². The van der Waals surface area contributed by atoms with Crippen molar-refractivity contribution in [1.82, 2.24) is 14.9 Å². The third kappa shape index (κ3) is 3.14. The van der Waals surface area contributed by atoms with Crippen molar-refractivity contribution in [2.75, 3.05) is 13.1 Å². The number of thiophene rings is 1. The van der Waals surface area contributed by atoms with Gasteiger partial charge in [-0.05, 0) is 36.3 Å². The lowest BCUT2D eigenvalue weighted by atomic mass is 9.91. The number of carbonyl (C=O) groups is 1. The standard InChI is InChI=1S/C17H19N3O2S/c21-17(9-13-2-1-7-23-13)20-6-4-12-8-15(22-16(12)10-20)14-3-5-18-11-19-14/h1-3,5,7,11-12,15-16H,4,6,8-10H2/t12-,15+,16+/m0/s1. The lowest BCUT2D eigenvalue weighted by Gasteiger charge is -2.34. The van der Waals surface area contributed by atoms with Crippen LogP contribution in [0.4, 0.5) is 0 Å². The van der Waals surface area contributed by atoms with E-state index in [9.17, 15) is 4.79 Å². The van der Waals surface area contributed by atoms with Gasteiger partial charge >= 0.3 is 0 Å². The summed E-state index contributed by atoms with van der Waals surface area (Å²) in [5.41, 5.74) is 0.950. The molecule has 2 fully saturated rings. The zero-order chi connectivity index (χ0) is 15.6. The average molecular weight is 329 g/mol. The predicted molar refractivity (Wildman–Crippen MR) is 87.0 cm³/mol. The number of likely N-dealkylation sites (tertiary alicyclic amines) is 1. The molecule has 2 saturated heterocycles. The average Bonchev–Trinajstić information content (AvgIpc) is 3.24. The molecule has 2 aromatic rings. The number of carbonyl (C=O) groups excluding carboxylic acids is 1. The molecule has 0 aliphatic carbocycles. The van der Waals surface area contributed by atoms with Crippen LogP contribution in [0.25, 0.3) is 0 Å². The maximum atomic E-state index is 12.5. The van der Waals surface area contributed by atoms with Gasteiger partial charge in [0, 0.05) is 24.2 Å². The van der Waals surface area contributed by atoms with Crippen molar-refractivity contribution in [3.8, 4) is 0 Å². The molecule has 3 atom stereocenters. The maximum Gasteiger partial charge on any atom is 0.227 e. The van der Waals surface area contributed by atoms with E-state index in [1.165, 1.54) is 0 Å². The Labute approximate surface area is 139 Å². The van der Waals surface area contributed by atoms with Crippen molar-refractivity contribution in [3.63, 3.8) is 0 Å². The van der Waals surface area contributed by atoms with E-state index in [-0.39, 0.29) is 18.1 Å². The van der Waals surface area contributed by atoms with Crippen molar-refractivity contribution in [3.05, 3.63) is 46.7 Å². The molecule has 0 aromatic carbocycles. The van der Waals surface area contributed by atoms with Gasteiger partial charge in [-0.1, -0.05) is 6.07 Å². The summed E-state index contributed by atoms with van der Waals surface area (Å²) in [5, 5.41) is 2.02. The Kier molecular flexibility index (Phi) is 4.10. The molecule has 120 valence electrons. The second kappa shape index (κ2) is 6.37. The third-order valence-electron chi connectivity index (χ3n) is 4.74. The summed E-state index contributed by atoms with van der Waals surface area (Å²) >= 11 is 1.64. The first-order valence-corrected chi connectivity index (χ1v) is 8.89. The van der Waals surface area contributed by atoms with Crippen LogP contribution in [-0.2, 0) is 16.0 Å². The number of piperidine rings is 1. The molecule has 0 spiro atoms. The summed E-state index contributed by atoms with van der Waals surface area (Å²) in [6.07, 6.45) is 6.01. The summed E-state index contributed by atoms with van der Waals surface area (Å²) in [7, 11) is 0. The monoisotopic (exact) mass is 329 g/mol. The van der Waals surface area contributed by atoms with Gasteiger partial charge in [-0.3, -0.25) is 4.79 Å². The Morgan fingerprint density at radius 2 is 2.39 bits per heavy atom. The van der Waals surface area contributed by atoms with Crippen LogP contribution in [0.5, 0.6) is 0 Å². The highest BCUT2D eigenvalue weighted by Gasteiger charge is 2.41. The molecule has 0 N–H and O–H groups in total. The minimum Gasteiger partial charge on any atom is -0.367 e. The number of aromatic nitrogens is 2. The lowest BCUT2D eigenvalue weighted by Crippen LogP contribution is -2.45. The molecule has 4 heterocycles. The molecule has 2 aromatic heterocycles.